The fraction of sp³-hybridized carbons (Fsp3) is 0.500. The summed E-state index contributed by atoms with van der Waals surface area (Å²) in [7, 11) is 0. The van der Waals surface area contributed by atoms with Crippen LogP contribution < -0.4 is 11.1 Å². The lowest BCUT2D eigenvalue weighted by Gasteiger charge is -2.29. The number of aliphatic hydroxyl groups is 1. The predicted molar refractivity (Wildman–Crippen MR) is 62.7 cm³/mol. The van der Waals surface area contributed by atoms with Gasteiger partial charge in [0.25, 0.3) is 0 Å². The summed E-state index contributed by atoms with van der Waals surface area (Å²) in [4.78, 5) is 0. The SMILES string of the molecule is Nc1cc(F)ccc1NC1CCCCC1O. The number of rotatable bonds is 2. The smallest absolute Gasteiger partial charge is 0.125 e. The van der Waals surface area contributed by atoms with E-state index in [1.54, 1.807) is 6.07 Å². The maximum absolute atomic E-state index is 12.8. The van der Waals surface area contributed by atoms with Gasteiger partial charge in [-0.25, -0.2) is 4.39 Å². The average molecular weight is 224 g/mol. The monoisotopic (exact) mass is 224 g/mol. The highest BCUT2D eigenvalue weighted by Crippen LogP contribution is 2.25. The molecule has 0 aliphatic heterocycles. The molecule has 0 radical (unpaired) electrons. The normalized spacial score (nSPS) is 25.4. The first kappa shape index (κ1) is 11.2. The van der Waals surface area contributed by atoms with Gasteiger partial charge in [-0.3, -0.25) is 0 Å². The Morgan fingerprint density at radius 2 is 2.06 bits per heavy atom. The van der Waals surface area contributed by atoms with E-state index in [2.05, 4.69) is 5.32 Å². The van der Waals surface area contributed by atoms with Crippen LogP contribution in [0.5, 0.6) is 0 Å². The summed E-state index contributed by atoms with van der Waals surface area (Å²) in [6, 6.07) is 4.30. The van der Waals surface area contributed by atoms with Crippen LogP contribution in [0.4, 0.5) is 15.8 Å². The van der Waals surface area contributed by atoms with Crippen molar-refractivity contribution >= 4 is 11.4 Å². The fourth-order valence-corrected chi connectivity index (χ4v) is 2.14. The number of benzene rings is 1. The van der Waals surface area contributed by atoms with Crippen molar-refractivity contribution in [1.82, 2.24) is 0 Å². The number of nitrogen functional groups attached to an aromatic ring is 1. The third-order valence-corrected chi connectivity index (χ3v) is 3.08. The maximum atomic E-state index is 12.8. The van der Waals surface area contributed by atoms with Crippen LogP contribution >= 0.6 is 0 Å². The van der Waals surface area contributed by atoms with Crippen LogP contribution in [0.3, 0.4) is 0 Å². The lowest BCUT2D eigenvalue weighted by Crippen LogP contribution is -2.36. The largest absolute Gasteiger partial charge is 0.397 e. The maximum Gasteiger partial charge on any atom is 0.125 e. The van der Waals surface area contributed by atoms with Gasteiger partial charge < -0.3 is 16.2 Å². The molecular formula is C12H17FN2O. The van der Waals surface area contributed by atoms with Crippen LogP contribution in [-0.2, 0) is 0 Å². The molecule has 0 heterocycles. The molecule has 4 N–H and O–H groups in total. The summed E-state index contributed by atoms with van der Waals surface area (Å²) in [6.07, 6.45) is 3.59. The second-order valence-electron chi connectivity index (χ2n) is 4.33. The van der Waals surface area contributed by atoms with Crippen molar-refractivity contribution in [3.05, 3.63) is 24.0 Å². The molecule has 0 spiro atoms. The molecule has 0 bridgehead atoms. The molecule has 1 fully saturated rings. The summed E-state index contributed by atoms with van der Waals surface area (Å²) < 4.78 is 12.8. The van der Waals surface area contributed by atoms with Crippen LogP contribution in [0.15, 0.2) is 18.2 Å². The summed E-state index contributed by atoms with van der Waals surface area (Å²) in [5.74, 6) is -0.341. The Balaban J connectivity index is 2.07. The lowest BCUT2D eigenvalue weighted by molar-refractivity contribution is 0.116. The van der Waals surface area contributed by atoms with Gasteiger partial charge in [-0.15, -0.1) is 0 Å². The molecule has 1 aromatic rings. The van der Waals surface area contributed by atoms with Gasteiger partial charge in [0.15, 0.2) is 0 Å². The second kappa shape index (κ2) is 4.70. The Morgan fingerprint density at radius 3 is 2.75 bits per heavy atom. The molecule has 0 aromatic heterocycles. The minimum absolute atomic E-state index is 0.0292. The highest BCUT2D eigenvalue weighted by Gasteiger charge is 2.23. The van der Waals surface area contributed by atoms with Gasteiger partial charge >= 0.3 is 0 Å². The van der Waals surface area contributed by atoms with E-state index in [0.717, 1.165) is 25.7 Å². The summed E-state index contributed by atoms with van der Waals surface area (Å²) in [6.45, 7) is 0. The average Bonchev–Trinajstić information content (AvgIpc) is 2.25. The van der Waals surface area contributed by atoms with Gasteiger partial charge in [0.05, 0.1) is 23.5 Å². The van der Waals surface area contributed by atoms with Crippen molar-refractivity contribution in [2.45, 2.75) is 37.8 Å². The van der Waals surface area contributed by atoms with Gasteiger partial charge in [-0.2, -0.15) is 0 Å². The number of hydrogen-bond acceptors (Lipinski definition) is 3. The van der Waals surface area contributed by atoms with E-state index < -0.39 is 0 Å². The molecule has 88 valence electrons. The summed E-state index contributed by atoms with van der Waals surface area (Å²) in [5.41, 5.74) is 6.79. The predicted octanol–water partition coefficient (Wildman–Crippen LogP) is 2.12. The van der Waals surface area contributed by atoms with Crippen molar-refractivity contribution in [2.24, 2.45) is 0 Å². The van der Waals surface area contributed by atoms with Crippen molar-refractivity contribution in [1.29, 1.82) is 0 Å². The number of hydrogen-bond donors (Lipinski definition) is 3. The Labute approximate surface area is 94.5 Å². The van der Waals surface area contributed by atoms with E-state index in [1.807, 2.05) is 0 Å². The molecule has 2 atom stereocenters. The van der Waals surface area contributed by atoms with Crippen molar-refractivity contribution < 1.29 is 9.50 Å². The number of nitrogens with two attached hydrogens (primary N) is 1. The van der Waals surface area contributed by atoms with E-state index in [1.165, 1.54) is 12.1 Å². The van der Waals surface area contributed by atoms with Gasteiger partial charge in [-0.05, 0) is 31.0 Å². The molecule has 1 saturated carbocycles. The number of aliphatic hydroxyl groups excluding tert-OH is 1. The van der Waals surface area contributed by atoms with Gasteiger partial charge in [0, 0.05) is 0 Å². The van der Waals surface area contributed by atoms with Gasteiger partial charge in [0.1, 0.15) is 5.82 Å². The van der Waals surface area contributed by atoms with Gasteiger partial charge in [0.2, 0.25) is 0 Å². The first-order valence-corrected chi connectivity index (χ1v) is 5.66. The standard InChI is InChI=1S/C12H17FN2O/c13-8-5-6-10(9(14)7-8)15-11-3-1-2-4-12(11)16/h5-7,11-12,15-16H,1-4,14H2. The lowest BCUT2D eigenvalue weighted by atomic mass is 9.92. The van der Waals surface area contributed by atoms with Gasteiger partial charge in [-0.1, -0.05) is 12.8 Å². The highest BCUT2D eigenvalue weighted by atomic mass is 19.1. The Morgan fingerprint density at radius 1 is 1.31 bits per heavy atom. The number of nitrogens with one attached hydrogen (secondary N) is 1. The quantitative estimate of drug-likeness (QED) is 0.674. The molecule has 0 saturated heterocycles. The fourth-order valence-electron chi connectivity index (χ4n) is 2.14. The molecule has 2 rings (SSSR count). The third-order valence-electron chi connectivity index (χ3n) is 3.08. The van der Waals surface area contributed by atoms with Crippen molar-refractivity contribution in [2.75, 3.05) is 11.1 Å². The zero-order valence-corrected chi connectivity index (χ0v) is 9.12. The van der Waals surface area contributed by atoms with E-state index in [9.17, 15) is 9.50 Å². The number of anilines is 2. The second-order valence-corrected chi connectivity index (χ2v) is 4.33. The van der Waals surface area contributed by atoms with E-state index in [0.29, 0.717) is 11.4 Å². The molecule has 0 amide bonds. The van der Waals surface area contributed by atoms with Crippen LogP contribution in [-0.4, -0.2) is 17.3 Å². The summed E-state index contributed by atoms with van der Waals surface area (Å²) >= 11 is 0. The molecule has 1 aliphatic rings. The first-order chi connectivity index (χ1) is 7.66. The zero-order valence-electron chi connectivity index (χ0n) is 9.12. The van der Waals surface area contributed by atoms with Crippen LogP contribution in [0, 0.1) is 5.82 Å². The molecule has 16 heavy (non-hydrogen) atoms. The van der Waals surface area contributed by atoms with E-state index in [-0.39, 0.29) is 18.0 Å². The van der Waals surface area contributed by atoms with Crippen LogP contribution in [0.1, 0.15) is 25.7 Å². The Kier molecular flexibility index (Phi) is 3.29. The Hall–Kier alpha value is -1.29. The summed E-state index contributed by atoms with van der Waals surface area (Å²) in [5, 5.41) is 13.0. The number of halogens is 1. The molecule has 3 nitrogen and oxygen atoms in total. The first-order valence-electron chi connectivity index (χ1n) is 5.66. The molecule has 4 heteroatoms. The minimum Gasteiger partial charge on any atom is -0.397 e. The van der Waals surface area contributed by atoms with Crippen LogP contribution in [0.25, 0.3) is 0 Å². The minimum atomic E-state index is -0.341. The molecule has 2 unspecified atom stereocenters. The van der Waals surface area contributed by atoms with E-state index >= 15 is 0 Å². The van der Waals surface area contributed by atoms with E-state index in [4.69, 9.17) is 5.73 Å². The van der Waals surface area contributed by atoms with Crippen molar-refractivity contribution in [3.63, 3.8) is 0 Å². The molecule has 1 aliphatic carbocycles. The Bertz CT molecular complexity index is 370. The molecule has 1 aromatic carbocycles. The molecular weight excluding hydrogens is 207 g/mol. The van der Waals surface area contributed by atoms with Crippen molar-refractivity contribution in [3.8, 4) is 0 Å². The topological polar surface area (TPSA) is 58.3 Å². The highest BCUT2D eigenvalue weighted by molar-refractivity contribution is 5.66. The zero-order chi connectivity index (χ0) is 11.5. The third kappa shape index (κ3) is 2.44. The van der Waals surface area contributed by atoms with Crippen LogP contribution in [0.2, 0.25) is 0 Å².